The number of rotatable bonds is 3. The second kappa shape index (κ2) is 7.75. The Hall–Kier alpha value is -0.620. The van der Waals surface area contributed by atoms with Crippen molar-refractivity contribution in [2.24, 2.45) is 0 Å². The maximum Gasteiger partial charge on any atom is 0.527 e. The molecule has 0 aromatic carbocycles. The standard InChI is InChI=1S/C3H6O2.C2H4ClO5P/c1-2-3(4)5;3-1-2(4)8-9(5,6)7/h2H2,1H3,(H,4,5);1H2,(H2,5,6,7). The minimum absolute atomic E-state index is 0.222. The van der Waals surface area contributed by atoms with Crippen LogP contribution in [0.4, 0.5) is 0 Å². The van der Waals surface area contributed by atoms with Crippen LogP contribution in [0.25, 0.3) is 0 Å². The highest BCUT2D eigenvalue weighted by Gasteiger charge is 2.18. The number of phosphoric acid groups is 1. The minimum atomic E-state index is -4.67. The lowest BCUT2D eigenvalue weighted by Gasteiger charge is -2.00. The number of carboxylic acid groups (broad SMARTS) is 1. The Morgan fingerprint density at radius 2 is 1.79 bits per heavy atom. The summed E-state index contributed by atoms with van der Waals surface area (Å²) in [4.78, 5) is 35.2. The molecule has 14 heavy (non-hydrogen) atoms. The zero-order valence-corrected chi connectivity index (χ0v) is 8.86. The van der Waals surface area contributed by atoms with Crippen molar-refractivity contribution in [2.45, 2.75) is 13.3 Å². The number of alkyl halides is 1. The molecule has 7 nitrogen and oxygen atoms in total. The van der Waals surface area contributed by atoms with Gasteiger partial charge in [0, 0.05) is 6.42 Å². The van der Waals surface area contributed by atoms with Gasteiger partial charge >= 0.3 is 19.8 Å². The van der Waals surface area contributed by atoms with E-state index in [9.17, 15) is 14.2 Å². The van der Waals surface area contributed by atoms with Crippen LogP contribution >= 0.6 is 19.4 Å². The molecule has 0 bridgehead atoms. The van der Waals surface area contributed by atoms with Crippen molar-refractivity contribution in [3.05, 3.63) is 0 Å². The van der Waals surface area contributed by atoms with Gasteiger partial charge in [0.2, 0.25) is 0 Å². The number of phosphoric ester groups is 1. The molecular formula is C5H10ClO7P. The summed E-state index contributed by atoms with van der Waals surface area (Å²) in [6, 6.07) is 0. The zero-order valence-electron chi connectivity index (χ0n) is 7.21. The Kier molecular flexibility index (Phi) is 8.77. The summed E-state index contributed by atoms with van der Waals surface area (Å²) < 4.78 is 13.3. The van der Waals surface area contributed by atoms with Gasteiger partial charge in [0.25, 0.3) is 0 Å². The number of aliphatic carboxylic acids is 1. The molecule has 0 rings (SSSR count). The number of halogens is 1. The molecule has 3 N–H and O–H groups in total. The lowest BCUT2D eigenvalue weighted by molar-refractivity contribution is -0.136. The van der Waals surface area contributed by atoms with Gasteiger partial charge < -0.3 is 9.63 Å². The van der Waals surface area contributed by atoms with E-state index in [1.807, 2.05) is 0 Å². The summed E-state index contributed by atoms with van der Waals surface area (Å²) in [5.74, 6) is -2.44. The topological polar surface area (TPSA) is 121 Å². The Labute approximate surface area is 84.9 Å². The lowest BCUT2D eigenvalue weighted by Crippen LogP contribution is -2.02. The number of hydrogen-bond acceptors (Lipinski definition) is 4. The van der Waals surface area contributed by atoms with E-state index in [0.717, 1.165) is 0 Å². The molecule has 0 unspecified atom stereocenters. The third kappa shape index (κ3) is 17.5. The van der Waals surface area contributed by atoms with Crippen LogP contribution in [0.5, 0.6) is 0 Å². The molecule has 84 valence electrons. The molecule has 0 aromatic rings. The quantitative estimate of drug-likeness (QED) is 0.486. The summed E-state index contributed by atoms with van der Waals surface area (Å²) in [6.07, 6.45) is 0.222. The summed E-state index contributed by atoms with van der Waals surface area (Å²) in [5, 5.41) is 7.72. The van der Waals surface area contributed by atoms with Crippen molar-refractivity contribution in [1.82, 2.24) is 0 Å². The Morgan fingerprint density at radius 3 is 1.86 bits per heavy atom. The fourth-order valence-electron chi connectivity index (χ4n) is 0.157. The molecule has 0 amide bonds. The molecule has 0 atom stereocenters. The van der Waals surface area contributed by atoms with Gasteiger partial charge in [-0.05, 0) is 0 Å². The first kappa shape index (κ1) is 15.8. The third-order valence-corrected chi connectivity index (χ3v) is 1.29. The SMILES string of the molecule is CCC(=O)O.O=C(CCl)OP(=O)(O)O. The van der Waals surface area contributed by atoms with E-state index < -0.39 is 25.6 Å². The smallest absolute Gasteiger partial charge is 0.481 e. The first-order chi connectivity index (χ1) is 6.22. The molecule has 0 spiro atoms. The van der Waals surface area contributed by atoms with Gasteiger partial charge in [0.05, 0.1) is 0 Å². The van der Waals surface area contributed by atoms with Crippen molar-refractivity contribution < 1.29 is 33.6 Å². The van der Waals surface area contributed by atoms with Crippen LogP contribution in [-0.4, -0.2) is 32.7 Å². The maximum atomic E-state index is 9.98. The van der Waals surface area contributed by atoms with E-state index in [1.165, 1.54) is 0 Å². The van der Waals surface area contributed by atoms with E-state index >= 15 is 0 Å². The number of carboxylic acids is 1. The Balaban J connectivity index is 0. The molecule has 0 saturated heterocycles. The van der Waals surface area contributed by atoms with Gasteiger partial charge in [-0.1, -0.05) is 6.92 Å². The molecule has 0 aliphatic rings. The number of carbonyl (C=O) groups is 2. The molecule has 0 aliphatic carbocycles. The summed E-state index contributed by atoms with van der Waals surface area (Å²) >= 11 is 4.84. The zero-order chi connectivity index (χ0) is 11.8. The average Bonchev–Trinajstić information content (AvgIpc) is 2.02. The molecule has 0 radical (unpaired) electrons. The fraction of sp³-hybridized carbons (Fsp3) is 0.600. The second-order valence-electron chi connectivity index (χ2n) is 1.83. The highest BCUT2D eigenvalue weighted by Crippen LogP contribution is 2.35. The van der Waals surface area contributed by atoms with Crippen molar-refractivity contribution in [1.29, 1.82) is 0 Å². The Morgan fingerprint density at radius 1 is 1.43 bits per heavy atom. The van der Waals surface area contributed by atoms with Crippen LogP contribution in [0.3, 0.4) is 0 Å². The first-order valence-electron chi connectivity index (χ1n) is 3.28. The average molecular weight is 249 g/mol. The van der Waals surface area contributed by atoms with Gasteiger partial charge in [0.15, 0.2) is 0 Å². The fourth-order valence-corrected chi connectivity index (χ4v) is 0.617. The van der Waals surface area contributed by atoms with Crippen LogP contribution < -0.4 is 0 Å². The predicted molar refractivity (Wildman–Crippen MR) is 46.8 cm³/mol. The van der Waals surface area contributed by atoms with Crippen molar-refractivity contribution >= 4 is 31.4 Å². The maximum absolute atomic E-state index is 9.98. The summed E-state index contributed by atoms with van der Waals surface area (Å²) in [7, 11) is -4.67. The summed E-state index contributed by atoms with van der Waals surface area (Å²) in [5.41, 5.74) is 0. The third-order valence-electron chi connectivity index (χ3n) is 0.632. The van der Waals surface area contributed by atoms with Gasteiger partial charge in [-0.15, -0.1) is 11.6 Å². The Bertz CT molecular complexity index is 234. The second-order valence-corrected chi connectivity index (χ2v) is 3.27. The molecule has 9 heteroatoms. The van der Waals surface area contributed by atoms with E-state index in [1.54, 1.807) is 6.92 Å². The normalized spacial score (nSPS) is 9.71. The van der Waals surface area contributed by atoms with Crippen LogP contribution in [0.1, 0.15) is 13.3 Å². The van der Waals surface area contributed by atoms with Crippen LogP contribution in [0.15, 0.2) is 0 Å². The summed E-state index contributed by atoms with van der Waals surface area (Å²) in [6.45, 7) is 1.60. The highest BCUT2D eigenvalue weighted by atomic mass is 35.5. The van der Waals surface area contributed by atoms with Crippen molar-refractivity contribution in [2.75, 3.05) is 5.88 Å². The van der Waals surface area contributed by atoms with E-state index in [-0.39, 0.29) is 6.42 Å². The van der Waals surface area contributed by atoms with Gasteiger partial charge in [-0.25, -0.2) is 4.57 Å². The van der Waals surface area contributed by atoms with Gasteiger partial charge in [-0.2, -0.15) is 0 Å². The largest absolute Gasteiger partial charge is 0.527 e. The molecule has 0 fully saturated rings. The van der Waals surface area contributed by atoms with Crippen molar-refractivity contribution in [3.8, 4) is 0 Å². The van der Waals surface area contributed by atoms with Crippen molar-refractivity contribution in [3.63, 3.8) is 0 Å². The number of hydrogen-bond donors (Lipinski definition) is 3. The molecular weight excluding hydrogens is 238 g/mol. The van der Waals surface area contributed by atoms with Gasteiger partial charge in [-0.3, -0.25) is 19.4 Å². The van der Waals surface area contributed by atoms with Crippen LogP contribution in [0, 0.1) is 0 Å². The minimum Gasteiger partial charge on any atom is -0.481 e. The van der Waals surface area contributed by atoms with Crippen LogP contribution in [-0.2, 0) is 18.7 Å². The van der Waals surface area contributed by atoms with E-state index in [2.05, 4.69) is 4.52 Å². The number of carbonyl (C=O) groups excluding carboxylic acids is 1. The lowest BCUT2D eigenvalue weighted by atomic mass is 10.5. The monoisotopic (exact) mass is 248 g/mol. The first-order valence-corrected chi connectivity index (χ1v) is 5.35. The van der Waals surface area contributed by atoms with Crippen LogP contribution in [0.2, 0.25) is 0 Å². The molecule has 0 aliphatic heterocycles. The predicted octanol–water partition coefficient (Wildman–Crippen LogP) is 0.342. The molecule has 0 saturated carbocycles. The molecule has 0 heterocycles. The highest BCUT2D eigenvalue weighted by molar-refractivity contribution is 7.46. The molecule has 0 aromatic heterocycles. The van der Waals surface area contributed by atoms with E-state index in [0.29, 0.717) is 0 Å². The van der Waals surface area contributed by atoms with Gasteiger partial charge in [0.1, 0.15) is 5.88 Å². The van der Waals surface area contributed by atoms with E-state index in [4.69, 9.17) is 26.5 Å².